The number of fused-ring (bicyclic) bond motifs is 2. The molecule has 0 spiro atoms. The molecule has 1 saturated carbocycles. The van der Waals surface area contributed by atoms with Crippen LogP contribution in [-0.4, -0.2) is 54.2 Å². The van der Waals surface area contributed by atoms with E-state index >= 15 is 0 Å². The Morgan fingerprint density at radius 3 is 2.37 bits per heavy atom. The number of likely N-dealkylation sites (tertiary alicyclic amines) is 1. The summed E-state index contributed by atoms with van der Waals surface area (Å²) >= 11 is 0. The lowest BCUT2D eigenvalue weighted by atomic mass is 10.00. The Kier molecular flexibility index (Phi) is 7.50. The van der Waals surface area contributed by atoms with E-state index in [1.165, 1.54) is 6.92 Å². The normalized spacial score (nSPS) is 19.7. The second-order valence-electron chi connectivity index (χ2n) is 11.7. The molecule has 2 fully saturated rings. The molecule has 1 amide bonds. The highest BCUT2D eigenvalue weighted by atomic mass is 19.1. The molecule has 9 heteroatoms. The van der Waals surface area contributed by atoms with Crippen molar-refractivity contribution in [2.45, 2.75) is 72.0 Å². The average molecular weight is 580 g/mol. The highest BCUT2D eigenvalue weighted by Gasteiger charge is 2.55. The van der Waals surface area contributed by atoms with Crippen molar-refractivity contribution in [3.8, 4) is 11.1 Å². The fourth-order valence-electron chi connectivity index (χ4n) is 6.35. The van der Waals surface area contributed by atoms with Gasteiger partial charge in [-0.2, -0.15) is 5.10 Å². The molecule has 4 aromatic rings. The predicted molar refractivity (Wildman–Crippen MR) is 162 cm³/mol. The number of hydrogen-bond acceptors (Lipinski definition) is 6. The third-order valence-corrected chi connectivity index (χ3v) is 8.74. The second kappa shape index (κ2) is 11.3. The van der Waals surface area contributed by atoms with Crippen LogP contribution in [-0.2, 0) is 16.1 Å². The number of allylic oxidation sites excluding steroid dienone is 2. The first-order valence-electron chi connectivity index (χ1n) is 14.7. The number of aryl methyl sites for hydroxylation is 2. The van der Waals surface area contributed by atoms with Crippen LogP contribution >= 0.6 is 0 Å². The van der Waals surface area contributed by atoms with Gasteiger partial charge in [-0.3, -0.25) is 19.1 Å². The number of aromatic nitrogens is 4. The van der Waals surface area contributed by atoms with Crippen LogP contribution in [0, 0.1) is 19.8 Å². The van der Waals surface area contributed by atoms with Crippen molar-refractivity contribution in [2.75, 3.05) is 0 Å². The lowest BCUT2D eigenvalue weighted by Crippen LogP contribution is -2.44. The number of hydrogen-bond donors (Lipinski definition) is 0. The lowest BCUT2D eigenvalue weighted by Gasteiger charge is -2.27. The van der Waals surface area contributed by atoms with Gasteiger partial charge in [-0.1, -0.05) is 30.3 Å². The molecule has 2 aromatic carbocycles. The van der Waals surface area contributed by atoms with Gasteiger partial charge in [-0.25, -0.2) is 14.4 Å². The molecule has 0 bridgehead atoms. The van der Waals surface area contributed by atoms with Crippen LogP contribution in [0.4, 0.5) is 4.39 Å². The van der Waals surface area contributed by atoms with Gasteiger partial charge in [0.05, 0.1) is 11.6 Å². The van der Waals surface area contributed by atoms with E-state index in [1.54, 1.807) is 28.9 Å². The van der Waals surface area contributed by atoms with Gasteiger partial charge in [0.15, 0.2) is 11.6 Å². The number of nitrogens with zero attached hydrogens (tertiary/aromatic N) is 5. The molecule has 0 radical (unpaired) electrons. The average Bonchev–Trinajstić information content (AvgIpc) is 3.49. The zero-order valence-electron chi connectivity index (χ0n) is 24.8. The molecule has 220 valence electrons. The highest BCUT2D eigenvalue weighted by Crippen LogP contribution is 2.48. The minimum Gasteiger partial charge on any atom is -0.328 e. The van der Waals surface area contributed by atoms with E-state index in [-0.39, 0.29) is 54.4 Å². The third kappa shape index (κ3) is 5.51. The molecular weight excluding hydrogens is 545 g/mol. The third-order valence-electron chi connectivity index (χ3n) is 8.74. The largest absolute Gasteiger partial charge is 0.328 e. The molecule has 1 aliphatic carbocycles. The number of ketones is 2. The van der Waals surface area contributed by atoms with Gasteiger partial charge in [0.25, 0.3) is 0 Å². The van der Waals surface area contributed by atoms with Crippen molar-refractivity contribution in [1.29, 1.82) is 0 Å². The Balaban J connectivity index is 1.23. The molecule has 2 aliphatic rings. The van der Waals surface area contributed by atoms with E-state index in [2.05, 4.69) is 15.1 Å². The topological polar surface area (TPSA) is 98.1 Å². The highest BCUT2D eigenvalue weighted by molar-refractivity contribution is 6.07. The number of carbonyl (C=O) groups excluding carboxylic acids is 3. The smallest absolute Gasteiger partial charge is 0.245 e. The first kappa shape index (κ1) is 28.6. The zero-order valence-corrected chi connectivity index (χ0v) is 24.8. The molecule has 3 heterocycles. The Labute approximate surface area is 249 Å². The maximum Gasteiger partial charge on any atom is 0.245 e. The zero-order chi connectivity index (χ0) is 30.4. The molecule has 43 heavy (non-hydrogen) atoms. The van der Waals surface area contributed by atoms with Crippen molar-refractivity contribution in [3.63, 3.8) is 0 Å². The Bertz CT molecular complexity index is 1780. The minimum atomic E-state index is -0.565. The van der Waals surface area contributed by atoms with Crippen molar-refractivity contribution < 1.29 is 18.8 Å². The van der Waals surface area contributed by atoms with E-state index < -0.39 is 6.04 Å². The molecule has 0 N–H and O–H groups in total. The summed E-state index contributed by atoms with van der Waals surface area (Å²) in [5.74, 6) is 0.116. The van der Waals surface area contributed by atoms with Crippen LogP contribution in [0.3, 0.4) is 0 Å². The van der Waals surface area contributed by atoms with Gasteiger partial charge < -0.3 is 4.90 Å². The van der Waals surface area contributed by atoms with E-state index in [1.807, 2.05) is 56.3 Å². The van der Waals surface area contributed by atoms with Crippen LogP contribution in [0.15, 0.2) is 60.7 Å². The van der Waals surface area contributed by atoms with Crippen molar-refractivity contribution >= 4 is 33.9 Å². The van der Waals surface area contributed by atoms with E-state index in [4.69, 9.17) is 0 Å². The molecule has 1 saturated heterocycles. The van der Waals surface area contributed by atoms with Gasteiger partial charge in [-0.05, 0) is 73.9 Å². The number of Topliss-reactive ketones (excluding diaryl/α,β-unsaturated/α-hetero) is 2. The summed E-state index contributed by atoms with van der Waals surface area (Å²) in [4.78, 5) is 50.0. The van der Waals surface area contributed by atoms with Crippen molar-refractivity contribution in [3.05, 3.63) is 83.3 Å². The van der Waals surface area contributed by atoms with Gasteiger partial charge in [0, 0.05) is 49.2 Å². The number of halogens is 1. The fourth-order valence-corrected chi connectivity index (χ4v) is 6.35. The SMILES string of the molecule is CC(=O)c1nn(CC(=O)N2[C@@H]3C[C@@H]3C[C@H]2C(=O)CC/C(F)=C(/C)c2ccccc2)c2c(C)cc(-c3cnc(C)nc3)cc12. The van der Waals surface area contributed by atoms with Crippen LogP contribution in [0.2, 0.25) is 0 Å². The van der Waals surface area contributed by atoms with E-state index in [0.717, 1.165) is 28.7 Å². The van der Waals surface area contributed by atoms with Crippen LogP contribution in [0.25, 0.3) is 27.6 Å². The van der Waals surface area contributed by atoms with Crippen molar-refractivity contribution in [2.24, 2.45) is 5.92 Å². The molecule has 0 unspecified atom stereocenters. The summed E-state index contributed by atoms with van der Waals surface area (Å²) in [6.07, 6.45) is 5.01. The van der Waals surface area contributed by atoms with E-state index in [9.17, 15) is 18.8 Å². The fraction of sp³-hybridized carbons (Fsp3) is 0.353. The quantitative estimate of drug-likeness (QED) is 0.224. The van der Waals surface area contributed by atoms with Gasteiger partial charge in [0.2, 0.25) is 5.91 Å². The summed E-state index contributed by atoms with van der Waals surface area (Å²) < 4.78 is 16.6. The van der Waals surface area contributed by atoms with Gasteiger partial charge >= 0.3 is 0 Å². The Morgan fingerprint density at radius 2 is 1.67 bits per heavy atom. The summed E-state index contributed by atoms with van der Waals surface area (Å²) in [6, 6.07) is 12.6. The number of carbonyl (C=O) groups is 3. The summed E-state index contributed by atoms with van der Waals surface area (Å²) in [5, 5.41) is 5.23. The number of rotatable bonds is 9. The summed E-state index contributed by atoms with van der Waals surface area (Å²) in [6.45, 7) is 6.83. The first-order chi connectivity index (χ1) is 20.6. The van der Waals surface area contributed by atoms with Crippen LogP contribution in [0.5, 0.6) is 0 Å². The number of amides is 1. The Morgan fingerprint density at radius 1 is 0.953 bits per heavy atom. The minimum absolute atomic E-state index is 0.00669. The monoisotopic (exact) mass is 579 g/mol. The predicted octanol–water partition coefficient (Wildman–Crippen LogP) is 6.05. The molecule has 1 aliphatic heterocycles. The molecular formula is C34H34FN5O3. The first-order valence-corrected chi connectivity index (χ1v) is 14.7. The summed E-state index contributed by atoms with van der Waals surface area (Å²) in [7, 11) is 0. The van der Waals surface area contributed by atoms with Crippen molar-refractivity contribution in [1.82, 2.24) is 24.6 Å². The molecule has 6 rings (SSSR count). The maximum absolute atomic E-state index is 15.0. The van der Waals surface area contributed by atoms with E-state index in [0.29, 0.717) is 34.6 Å². The van der Waals surface area contributed by atoms with Crippen LogP contribution < -0.4 is 0 Å². The molecule has 2 aromatic heterocycles. The van der Waals surface area contributed by atoms with Crippen LogP contribution in [0.1, 0.15) is 67.0 Å². The number of piperidine rings is 1. The number of benzene rings is 2. The van der Waals surface area contributed by atoms with Gasteiger partial charge in [-0.15, -0.1) is 0 Å². The maximum atomic E-state index is 15.0. The molecule has 3 atom stereocenters. The lowest BCUT2D eigenvalue weighted by molar-refractivity contribution is -0.139. The summed E-state index contributed by atoms with van der Waals surface area (Å²) in [5.41, 5.74) is 4.83. The Hall–Kier alpha value is -4.53. The standard InChI is InChI=1S/C34H34FN5O3/c1-19-12-24(26-16-36-22(4)37-17-26)13-27-33(21(3)41)38-39(34(19)27)18-32(43)40-29-14-25(29)15-30(40)31(42)11-10-28(35)20(2)23-8-6-5-7-9-23/h5-9,12-13,16-17,25,29-30H,10-11,14-15,18H2,1-4H3/b28-20+/t25-,29-,30+/m1/s1. The van der Waals surface area contributed by atoms with Gasteiger partial charge in [0.1, 0.15) is 23.9 Å². The molecule has 8 nitrogen and oxygen atoms in total. The second-order valence-corrected chi connectivity index (χ2v) is 11.7.